The third-order valence-corrected chi connectivity index (χ3v) is 3.78. The van der Waals surface area contributed by atoms with Crippen LogP contribution in [0.5, 0.6) is 0 Å². The molecule has 2 N–H and O–H groups in total. The summed E-state index contributed by atoms with van der Waals surface area (Å²) in [6.07, 6.45) is 0. The van der Waals surface area contributed by atoms with Gasteiger partial charge in [0.2, 0.25) is 0 Å². The van der Waals surface area contributed by atoms with Crippen molar-refractivity contribution < 1.29 is 4.39 Å². The van der Waals surface area contributed by atoms with Gasteiger partial charge in [-0.3, -0.25) is 4.79 Å². The van der Waals surface area contributed by atoms with Gasteiger partial charge in [-0.15, -0.1) is 0 Å². The highest BCUT2D eigenvalue weighted by molar-refractivity contribution is 7.14. The van der Waals surface area contributed by atoms with Gasteiger partial charge in [0, 0.05) is 5.69 Å². The van der Waals surface area contributed by atoms with Gasteiger partial charge in [0.1, 0.15) is 5.82 Å². The summed E-state index contributed by atoms with van der Waals surface area (Å²) < 4.78 is 15.9. The minimum Gasteiger partial charge on any atom is -0.399 e. The number of hydrogen-bond donors (Lipinski definition) is 1. The summed E-state index contributed by atoms with van der Waals surface area (Å²) in [6, 6.07) is 11.4. The van der Waals surface area contributed by atoms with Crippen LogP contribution >= 0.6 is 11.5 Å². The maximum absolute atomic E-state index is 13.8. The molecule has 90 valence electrons. The summed E-state index contributed by atoms with van der Waals surface area (Å²) in [5, 5.41) is 0.587. The van der Waals surface area contributed by atoms with Crippen molar-refractivity contribution in [2.75, 3.05) is 5.73 Å². The molecule has 5 heteroatoms. The van der Waals surface area contributed by atoms with E-state index in [0.29, 0.717) is 11.1 Å². The molecule has 3 nitrogen and oxygen atoms in total. The molecule has 0 aliphatic rings. The molecule has 3 rings (SSSR count). The van der Waals surface area contributed by atoms with Gasteiger partial charge in [0.25, 0.3) is 5.56 Å². The van der Waals surface area contributed by atoms with Crippen LogP contribution in [0, 0.1) is 5.82 Å². The molecule has 18 heavy (non-hydrogen) atoms. The molecular weight excluding hydrogens is 251 g/mol. The lowest BCUT2D eigenvalue weighted by Gasteiger charge is -2.03. The van der Waals surface area contributed by atoms with E-state index in [0.717, 1.165) is 4.70 Å². The molecule has 0 saturated heterocycles. The molecule has 0 saturated carbocycles. The van der Waals surface area contributed by atoms with Crippen molar-refractivity contribution in [2.45, 2.75) is 0 Å². The Kier molecular flexibility index (Phi) is 2.41. The van der Waals surface area contributed by atoms with E-state index in [1.54, 1.807) is 12.1 Å². The number of nitrogens with two attached hydrogens (primary N) is 1. The number of aromatic nitrogens is 1. The highest BCUT2D eigenvalue weighted by Gasteiger charge is 2.12. The van der Waals surface area contributed by atoms with E-state index in [4.69, 9.17) is 5.73 Å². The molecule has 0 bridgehead atoms. The first-order valence-electron chi connectivity index (χ1n) is 5.33. The Morgan fingerprint density at radius 1 is 1.17 bits per heavy atom. The second-order valence-corrected chi connectivity index (χ2v) is 4.89. The Morgan fingerprint density at radius 2 is 1.94 bits per heavy atom. The summed E-state index contributed by atoms with van der Waals surface area (Å²) in [5.74, 6) is -0.460. The van der Waals surface area contributed by atoms with E-state index in [1.807, 2.05) is 12.1 Å². The standard InChI is InChI=1S/C13H9FN2OS/c14-10-6-5-8(15)7-11(10)16-13(17)9-3-1-2-4-12(9)18-16/h1-7H,15H2. The van der Waals surface area contributed by atoms with E-state index in [2.05, 4.69) is 0 Å². The maximum Gasteiger partial charge on any atom is 0.273 e. The zero-order valence-electron chi connectivity index (χ0n) is 9.26. The number of halogens is 1. The number of nitrogens with zero attached hydrogens (tertiary/aromatic N) is 1. The molecule has 0 amide bonds. The zero-order valence-corrected chi connectivity index (χ0v) is 10.1. The van der Waals surface area contributed by atoms with Crippen molar-refractivity contribution in [1.29, 1.82) is 0 Å². The summed E-state index contributed by atoms with van der Waals surface area (Å²) in [7, 11) is 0. The molecule has 0 atom stereocenters. The third kappa shape index (κ3) is 1.60. The van der Waals surface area contributed by atoms with E-state index in [-0.39, 0.29) is 11.2 Å². The minimum absolute atomic E-state index is 0.196. The molecule has 0 aliphatic carbocycles. The monoisotopic (exact) mass is 260 g/mol. The number of nitrogen functional groups attached to an aromatic ring is 1. The van der Waals surface area contributed by atoms with Crippen LogP contribution < -0.4 is 11.3 Å². The van der Waals surface area contributed by atoms with Gasteiger partial charge in [-0.05, 0) is 30.3 Å². The van der Waals surface area contributed by atoms with Crippen LogP contribution in [0.25, 0.3) is 15.8 Å². The number of fused-ring (bicyclic) bond motifs is 1. The van der Waals surface area contributed by atoms with Crippen LogP contribution in [0.4, 0.5) is 10.1 Å². The molecule has 0 fully saturated rings. The molecular formula is C13H9FN2OS. The topological polar surface area (TPSA) is 48.0 Å². The third-order valence-electron chi connectivity index (χ3n) is 2.68. The van der Waals surface area contributed by atoms with Crippen LogP contribution in [0.3, 0.4) is 0 Å². The van der Waals surface area contributed by atoms with E-state index in [9.17, 15) is 9.18 Å². The normalized spacial score (nSPS) is 10.9. The minimum atomic E-state index is -0.460. The lowest BCUT2D eigenvalue weighted by atomic mass is 10.2. The molecule has 0 unspecified atom stereocenters. The highest BCUT2D eigenvalue weighted by Crippen LogP contribution is 2.22. The number of benzene rings is 2. The number of rotatable bonds is 1. The Bertz CT molecular complexity index is 791. The predicted molar refractivity (Wildman–Crippen MR) is 71.8 cm³/mol. The Labute approximate surface area is 106 Å². The number of hydrogen-bond acceptors (Lipinski definition) is 3. The predicted octanol–water partition coefficient (Wildman–Crippen LogP) is 2.77. The molecule has 0 aliphatic heterocycles. The fourth-order valence-electron chi connectivity index (χ4n) is 1.82. The van der Waals surface area contributed by atoms with Gasteiger partial charge < -0.3 is 5.73 Å². The average Bonchev–Trinajstić information content (AvgIpc) is 2.71. The van der Waals surface area contributed by atoms with Crippen molar-refractivity contribution in [1.82, 2.24) is 3.96 Å². The highest BCUT2D eigenvalue weighted by atomic mass is 32.1. The van der Waals surface area contributed by atoms with Crippen LogP contribution in [0.15, 0.2) is 47.3 Å². The van der Waals surface area contributed by atoms with Crippen molar-refractivity contribution >= 4 is 27.3 Å². The molecule has 1 aromatic heterocycles. The van der Waals surface area contributed by atoms with Crippen LogP contribution in [-0.2, 0) is 0 Å². The summed E-state index contributed by atoms with van der Waals surface area (Å²) in [6.45, 7) is 0. The van der Waals surface area contributed by atoms with Crippen LogP contribution in [0.1, 0.15) is 0 Å². The molecule has 0 radical (unpaired) electrons. The van der Waals surface area contributed by atoms with Gasteiger partial charge in [-0.2, -0.15) is 0 Å². The van der Waals surface area contributed by atoms with Gasteiger partial charge in [-0.25, -0.2) is 8.35 Å². The lowest BCUT2D eigenvalue weighted by molar-refractivity contribution is 0.621. The first-order chi connectivity index (χ1) is 8.66. The van der Waals surface area contributed by atoms with Gasteiger partial charge in [-0.1, -0.05) is 23.7 Å². The van der Waals surface area contributed by atoms with Crippen LogP contribution in [0.2, 0.25) is 0 Å². The molecule has 1 heterocycles. The molecule has 0 spiro atoms. The first kappa shape index (κ1) is 11.0. The average molecular weight is 260 g/mol. The molecule has 3 aromatic rings. The van der Waals surface area contributed by atoms with Gasteiger partial charge in [0.05, 0.1) is 15.8 Å². The first-order valence-corrected chi connectivity index (χ1v) is 6.10. The van der Waals surface area contributed by atoms with E-state index < -0.39 is 5.82 Å². The van der Waals surface area contributed by atoms with Crippen molar-refractivity contribution in [3.05, 3.63) is 58.6 Å². The quantitative estimate of drug-likeness (QED) is 0.684. The molecule has 2 aromatic carbocycles. The lowest BCUT2D eigenvalue weighted by Crippen LogP contribution is -2.12. The van der Waals surface area contributed by atoms with Gasteiger partial charge in [0.15, 0.2) is 0 Å². The van der Waals surface area contributed by atoms with Crippen molar-refractivity contribution in [3.8, 4) is 5.69 Å². The fraction of sp³-hybridized carbons (Fsp3) is 0. The van der Waals surface area contributed by atoms with Crippen molar-refractivity contribution in [3.63, 3.8) is 0 Å². The smallest absolute Gasteiger partial charge is 0.273 e. The Hall–Kier alpha value is -2.14. The Morgan fingerprint density at radius 3 is 2.72 bits per heavy atom. The SMILES string of the molecule is Nc1ccc(F)c(-n2sc3ccccc3c2=O)c1. The van der Waals surface area contributed by atoms with E-state index >= 15 is 0 Å². The second kappa shape index (κ2) is 3.96. The fourth-order valence-corrected chi connectivity index (χ4v) is 2.83. The maximum atomic E-state index is 13.8. The Balaban J connectivity index is 2.35. The summed E-state index contributed by atoms with van der Waals surface area (Å²) in [4.78, 5) is 12.2. The van der Waals surface area contributed by atoms with Crippen LogP contribution in [-0.4, -0.2) is 3.96 Å². The van der Waals surface area contributed by atoms with E-state index in [1.165, 1.54) is 33.7 Å². The number of anilines is 1. The van der Waals surface area contributed by atoms with Crippen molar-refractivity contribution in [2.24, 2.45) is 0 Å². The second-order valence-electron chi connectivity index (χ2n) is 3.90. The largest absolute Gasteiger partial charge is 0.399 e. The zero-order chi connectivity index (χ0) is 12.7. The summed E-state index contributed by atoms with van der Waals surface area (Å²) >= 11 is 1.21. The van der Waals surface area contributed by atoms with Gasteiger partial charge >= 0.3 is 0 Å². The summed E-state index contributed by atoms with van der Waals surface area (Å²) in [5.41, 5.74) is 6.03.